The van der Waals surface area contributed by atoms with Crippen molar-refractivity contribution in [2.24, 2.45) is 0 Å². The van der Waals surface area contributed by atoms with Crippen LogP contribution in [0.2, 0.25) is 0 Å². The molecule has 0 atom stereocenters. The predicted octanol–water partition coefficient (Wildman–Crippen LogP) is 2.32. The first kappa shape index (κ1) is 13.4. The first-order chi connectivity index (χ1) is 10.0. The highest BCUT2D eigenvalue weighted by Crippen LogP contribution is 2.39. The van der Waals surface area contributed by atoms with Gasteiger partial charge in [-0.2, -0.15) is 0 Å². The third-order valence-electron chi connectivity index (χ3n) is 3.75. The van der Waals surface area contributed by atoms with E-state index >= 15 is 0 Å². The molecule has 6 heteroatoms. The van der Waals surface area contributed by atoms with Gasteiger partial charge in [-0.1, -0.05) is 12.1 Å². The highest BCUT2D eigenvalue weighted by molar-refractivity contribution is 5.93. The number of carbonyl (C=O) groups is 2. The van der Waals surface area contributed by atoms with Crippen LogP contribution < -0.4 is 4.74 Å². The molecule has 1 aromatic heterocycles. The number of para-hydroxylation sites is 1. The maximum atomic E-state index is 11.4. The Morgan fingerprint density at radius 3 is 2.48 bits per heavy atom. The van der Waals surface area contributed by atoms with Gasteiger partial charge in [0.25, 0.3) is 0 Å². The Balaban J connectivity index is 2.12. The molecule has 2 N–H and O–H groups in total. The molecule has 1 aromatic carbocycles. The van der Waals surface area contributed by atoms with E-state index in [1.165, 1.54) is 6.07 Å². The van der Waals surface area contributed by atoms with Crippen LogP contribution in [0.3, 0.4) is 0 Å². The normalized spacial score (nSPS) is 16.2. The molecule has 108 valence electrons. The summed E-state index contributed by atoms with van der Waals surface area (Å²) in [6, 6.07) is 8.20. The van der Waals surface area contributed by atoms with E-state index in [-0.39, 0.29) is 11.4 Å². The number of hydrogen-bond donors (Lipinski definition) is 2. The van der Waals surface area contributed by atoms with Crippen molar-refractivity contribution in [3.05, 3.63) is 36.0 Å². The standard InChI is InChI=1S/C15H13NO5/c17-13(18)11-8-12(9-4-1-2-5-10(9)16-11)21-15(14(19)20)6-3-7-15/h1-2,4-5,8H,3,6-7H2,(H,17,18)(H,19,20). The number of rotatable bonds is 4. The number of hydrogen-bond acceptors (Lipinski definition) is 4. The molecule has 3 rings (SSSR count). The Bertz CT molecular complexity index is 736. The molecule has 1 fully saturated rings. The molecule has 21 heavy (non-hydrogen) atoms. The summed E-state index contributed by atoms with van der Waals surface area (Å²) >= 11 is 0. The van der Waals surface area contributed by atoms with Gasteiger partial charge in [0.05, 0.1) is 5.52 Å². The van der Waals surface area contributed by atoms with Crippen LogP contribution in [0.1, 0.15) is 29.8 Å². The van der Waals surface area contributed by atoms with Gasteiger partial charge in [-0.05, 0) is 31.4 Å². The molecule has 1 heterocycles. The summed E-state index contributed by atoms with van der Waals surface area (Å²) in [7, 11) is 0. The van der Waals surface area contributed by atoms with Crippen LogP contribution in [0.25, 0.3) is 10.9 Å². The molecule has 0 aliphatic heterocycles. The molecule has 6 nitrogen and oxygen atoms in total. The van der Waals surface area contributed by atoms with Gasteiger partial charge in [-0.3, -0.25) is 0 Å². The maximum absolute atomic E-state index is 11.4. The summed E-state index contributed by atoms with van der Waals surface area (Å²) in [4.78, 5) is 26.6. The summed E-state index contributed by atoms with van der Waals surface area (Å²) in [6.45, 7) is 0. The lowest BCUT2D eigenvalue weighted by Gasteiger charge is -2.37. The monoisotopic (exact) mass is 287 g/mol. The summed E-state index contributed by atoms with van der Waals surface area (Å²) in [5, 5.41) is 19.1. The van der Waals surface area contributed by atoms with Crippen LogP contribution in [0.15, 0.2) is 30.3 Å². The van der Waals surface area contributed by atoms with Crippen molar-refractivity contribution in [2.45, 2.75) is 24.9 Å². The predicted molar refractivity (Wildman–Crippen MR) is 73.5 cm³/mol. The average Bonchev–Trinajstić information content (AvgIpc) is 2.41. The summed E-state index contributed by atoms with van der Waals surface area (Å²) in [5.41, 5.74) is -0.948. The van der Waals surface area contributed by atoms with E-state index in [9.17, 15) is 14.7 Å². The van der Waals surface area contributed by atoms with Crippen LogP contribution >= 0.6 is 0 Å². The van der Waals surface area contributed by atoms with Gasteiger partial charge < -0.3 is 14.9 Å². The van der Waals surface area contributed by atoms with Gasteiger partial charge in [0.1, 0.15) is 5.75 Å². The SMILES string of the molecule is O=C(O)c1cc(OC2(C(=O)O)CCC2)c2ccccc2n1. The van der Waals surface area contributed by atoms with Crippen LogP contribution in [0, 0.1) is 0 Å². The smallest absolute Gasteiger partial charge is 0.354 e. The second-order valence-electron chi connectivity index (χ2n) is 5.08. The van der Waals surface area contributed by atoms with Crippen LogP contribution in [0.5, 0.6) is 5.75 Å². The van der Waals surface area contributed by atoms with E-state index < -0.39 is 17.5 Å². The Morgan fingerprint density at radius 2 is 1.90 bits per heavy atom. The Morgan fingerprint density at radius 1 is 1.19 bits per heavy atom. The van der Waals surface area contributed by atoms with Crippen LogP contribution in [-0.2, 0) is 4.79 Å². The highest BCUT2D eigenvalue weighted by atomic mass is 16.5. The van der Waals surface area contributed by atoms with E-state index in [1.54, 1.807) is 24.3 Å². The Labute approximate surface area is 120 Å². The minimum atomic E-state index is -1.25. The number of aromatic carboxylic acids is 1. The molecule has 0 unspecified atom stereocenters. The van der Waals surface area contributed by atoms with Gasteiger partial charge >= 0.3 is 11.9 Å². The van der Waals surface area contributed by atoms with E-state index in [0.29, 0.717) is 23.7 Å². The maximum Gasteiger partial charge on any atom is 0.354 e. The third kappa shape index (κ3) is 2.18. The zero-order valence-electron chi connectivity index (χ0n) is 11.1. The van der Waals surface area contributed by atoms with Crippen molar-refractivity contribution >= 4 is 22.8 Å². The van der Waals surface area contributed by atoms with Crippen molar-refractivity contribution in [3.63, 3.8) is 0 Å². The number of benzene rings is 1. The number of aromatic nitrogens is 1. The number of carboxylic acid groups (broad SMARTS) is 2. The van der Waals surface area contributed by atoms with Crippen molar-refractivity contribution in [3.8, 4) is 5.75 Å². The largest absolute Gasteiger partial charge is 0.478 e. The summed E-state index contributed by atoms with van der Waals surface area (Å²) in [6.07, 6.45) is 1.61. The molecule has 0 amide bonds. The Hall–Kier alpha value is -2.63. The Kier molecular flexibility index (Phi) is 3.01. The third-order valence-corrected chi connectivity index (χ3v) is 3.75. The molecule has 0 saturated heterocycles. The van der Waals surface area contributed by atoms with E-state index in [0.717, 1.165) is 6.42 Å². The fourth-order valence-corrected chi connectivity index (χ4v) is 2.41. The molecule has 2 aromatic rings. The van der Waals surface area contributed by atoms with Gasteiger partial charge in [0.15, 0.2) is 5.69 Å². The van der Waals surface area contributed by atoms with E-state index in [2.05, 4.69) is 4.98 Å². The second-order valence-corrected chi connectivity index (χ2v) is 5.08. The van der Waals surface area contributed by atoms with Crippen molar-refractivity contribution in [1.29, 1.82) is 0 Å². The molecule has 1 saturated carbocycles. The molecular formula is C15H13NO5. The minimum absolute atomic E-state index is 0.163. The van der Waals surface area contributed by atoms with Gasteiger partial charge in [-0.15, -0.1) is 0 Å². The average molecular weight is 287 g/mol. The van der Waals surface area contributed by atoms with Crippen LogP contribution in [0.4, 0.5) is 0 Å². The van der Waals surface area contributed by atoms with Crippen molar-refractivity contribution < 1.29 is 24.5 Å². The summed E-state index contributed by atoms with van der Waals surface area (Å²) < 4.78 is 5.70. The quantitative estimate of drug-likeness (QED) is 0.895. The lowest BCUT2D eigenvalue weighted by molar-refractivity contribution is -0.163. The zero-order chi connectivity index (χ0) is 15.0. The molecule has 0 spiro atoms. The van der Waals surface area contributed by atoms with Crippen molar-refractivity contribution in [1.82, 2.24) is 4.98 Å². The van der Waals surface area contributed by atoms with E-state index in [4.69, 9.17) is 9.84 Å². The van der Waals surface area contributed by atoms with Gasteiger partial charge in [-0.25, -0.2) is 14.6 Å². The molecule has 1 aliphatic rings. The number of fused-ring (bicyclic) bond motifs is 1. The number of ether oxygens (including phenoxy) is 1. The second kappa shape index (κ2) is 4.73. The molecule has 0 radical (unpaired) electrons. The zero-order valence-corrected chi connectivity index (χ0v) is 11.1. The van der Waals surface area contributed by atoms with Crippen molar-refractivity contribution in [2.75, 3.05) is 0 Å². The molecule has 0 bridgehead atoms. The lowest BCUT2D eigenvalue weighted by atomic mass is 9.80. The first-order valence-corrected chi connectivity index (χ1v) is 6.57. The van der Waals surface area contributed by atoms with E-state index in [1.807, 2.05) is 0 Å². The molecular weight excluding hydrogens is 274 g/mol. The topological polar surface area (TPSA) is 96.7 Å². The van der Waals surface area contributed by atoms with Gasteiger partial charge in [0.2, 0.25) is 5.60 Å². The number of nitrogens with zero attached hydrogens (tertiary/aromatic N) is 1. The first-order valence-electron chi connectivity index (χ1n) is 6.57. The number of aliphatic carboxylic acids is 1. The number of carboxylic acids is 2. The fourth-order valence-electron chi connectivity index (χ4n) is 2.41. The highest BCUT2D eigenvalue weighted by Gasteiger charge is 2.47. The lowest BCUT2D eigenvalue weighted by Crippen LogP contribution is -2.50. The molecule has 1 aliphatic carbocycles. The number of pyridine rings is 1. The minimum Gasteiger partial charge on any atom is -0.478 e. The summed E-state index contributed by atoms with van der Waals surface area (Å²) in [5.74, 6) is -1.95. The van der Waals surface area contributed by atoms with Gasteiger partial charge in [0, 0.05) is 11.5 Å². The van der Waals surface area contributed by atoms with Crippen LogP contribution in [-0.4, -0.2) is 32.7 Å². The fraction of sp³-hybridized carbons (Fsp3) is 0.267.